The molecule has 0 fully saturated rings. The molecule has 20 heavy (non-hydrogen) atoms. The van der Waals surface area contributed by atoms with Crippen molar-refractivity contribution in [3.05, 3.63) is 29.3 Å². The van der Waals surface area contributed by atoms with Crippen LogP contribution in [0.5, 0.6) is 0 Å². The monoisotopic (exact) mass is 295 g/mol. The van der Waals surface area contributed by atoms with E-state index < -0.39 is 5.67 Å². The maximum Gasteiger partial charge on any atom is 0.150 e. The molecule has 112 valence electrons. The van der Waals surface area contributed by atoms with Crippen molar-refractivity contribution in [2.24, 2.45) is 0 Å². The van der Waals surface area contributed by atoms with Crippen molar-refractivity contribution >= 4 is 11.8 Å². The minimum Gasteiger partial charge on any atom is -0.311 e. The number of rotatable bonds is 7. The fraction of sp³-hybridized carbons (Fsp3) is 0.647. The Morgan fingerprint density at radius 3 is 2.90 bits per heavy atom. The highest BCUT2D eigenvalue weighted by Gasteiger charge is 2.37. The Morgan fingerprint density at radius 2 is 2.20 bits per heavy atom. The minimum absolute atomic E-state index is 0.147. The number of thioether (sulfide) groups is 1. The average Bonchev–Trinajstić information content (AvgIpc) is 2.92. The van der Waals surface area contributed by atoms with Gasteiger partial charge in [-0.15, -0.1) is 11.8 Å². The summed E-state index contributed by atoms with van der Waals surface area (Å²) in [6.07, 6.45) is 3.64. The first-order chi connectivity index (χ1) is 9.61. The number of aryl methyl sites for hydroxylation is 1. The lowest BCUT2D eigenvalue weighted by Crippen LogP contribution is -2.43. The Hall–Kier alpha value is -0.540. The zero-order chi connectivity index (χ0) is 14.6. The van der Waals surface area contributed by atoms with Gasteiger partial charge in [0.05, 0.1) is 0 Å². The summed E-state index contributed by atoms with van der Waals surface area (Å²) >= 11 is 1.89. The number of fused-ring (bicyclic) bond motifs is 1. The fourth-order valence-electron chi connectivity index (χ4n) is 2.96. The molecule has 0 amide bonds. The van der Waals surface area contributed by atoms with E-state index in [0.29, 0.717) is 6.42 Å². The number of nitrogens with one attached hydrogen (secondary N) is 1. The molecule has 0 aromatic heterocycles. The first-order valence-electron chi connectivity index (χ1n) is 7.80. The molecule has 2 atom stereocenters. The number of likely N-dealkylation sites (N-methyl/N-ethyl adjacent to an activating group) is 1. The zero-order valence-corrected chi connectivity index (χ0v) is 13.7. The maximum atomic E-state index is 15.7. The van der Waals surface area contributed by atoms with Gasteiger partial charge in [-0.1, -0.05) is 38.8 Å². The number of hydrogen-bond donors (Lipinski definition) is 1. The van der Waals surface area contributed by atoms with E-state index >= 15 is 4.39 Å². The van der Waals surface area contributed by atoms with Crippen LogP contribution in [0.4, 0.5) is 4.39 Å². The van der Waals surface area contributed by atoms with E-state index in [0.717, 1.165) is 37.1 Å². The highest BCUT2D eigenvalue weighted by atomic mass is 32.2. The van der Waals surface area contributed by atoms with Crippen LogP contribution in [0.3, 0.4) is 0 Å². The summed E-state index contributed by atoms with van der Waals surface area (Å²) in [5.74, 6) is 1.13. The van der Waals surface area contributed by atoms with Gasteiger partial charge >= 0.3 is 0 Å². The molecule has 1 N–H and O–H groups in total. The van der Waals surface area contributed by atoms with Crippen molar-refractivity contribution in [3.63, 3.8) is 0 Å². The summed E-state index contributed by atoms with van der Waals surface area (Å²) in [7, 11) is 0. The van der Waals surface area contributed by atoms with Gasteiger partial charge in [-0.05, 0) is 43.5 Å². The molecule has 1 aromatic rings. The van der Waals surface area contributed by atoms with Crippen LogP contribution in [-0.4, -0.2) is 18.3 Å². The lowest BCUT2D eigenvalue weighted by molar-refractivity contribution is 0.0975. The van der Waals surface area contributed by atoms with E-state index in [-0.39, 0.29) is 6.04 Å². The number of alkyl halides is 1. The zero-order valence-electron chi connectivity index (χ0n) is 12.8. The SMILES string of the molecule is CCCCC(F)(c1ccc2c(c1)CCS2)C(C)NCC. The van der Waals surface area contributed by atoms with Gasteiger partial charge in [-0.2, -0.15) is 0 Å². The molecule has 1 nitrogen and oxygen atoms in total. The molecule has 0 saturated heterocycles. The van der Waals surface area contributed by atoms with Crippen molar-refractivity contribution in [3.8, 4) is 0 Å². The van der Waals surface area contributed by atoms with Gasteiger partial charge in [-0.3, -0.25) is 0 Å². The summed E-state index contributed by atoms with van der Waals surface area (Å²) in [6.45, 7) is 6.94. The normalized spacial score (nSPS) is 18.6. The van der Waals surface area contributed by atoms with Crippen LogP contribution in [0.1, 0.15) is 51.2 Å². The first-order valence-corrected chi connectivity index (χ1v) is 8.78. The van der Waals surface area contributed by atoms with Crippen molar-refractivity contribution in [2.45, 2.75) is 63.1 Å². The predicted octanol–water partition coefficient (Wildman–Crippen LogP) is 4.69. The van der Waals surface area contributed by atoms with Gasteiger partial charge in [0, 0.05) is 16.7 Å². The third-order valence-corrected chi connectivity index (χ3v) is 5.38. The summed E-state index contributed by atoms with van der Waals surface area (Å²) in [6, 6.07) is 6.08. The lowest BCUT2D eigenvalue weighted by atomic mass is 9.83. The number of benzene rings is 1. The third-order valence-electron chi connectivity index (χ3n) is 4.26. The molecular weight excluding hydrogens is 269 g/mol. The molecule has 1 aliphatic heterocycles. The molecule has 0 aliphatic carbocycles. The van der Waals surface area contributed by atoms with Crippen LogP contribution < -0.4 is 5.32 Å². The Morgan fingerprint density at radius 1 is 1.40 bits per heavy atom. The standard InChI is InChI=1S/C17H26FNS/c1-4-6-10-17(18,13(3)19-5-2)15-7-8-16-14(12-15)9-11-20-16/h7-8,12-13,19H,4-6,9-11H2,1-3H3. The predicted molar refractivity (Wildman–Crippen MR) is 86.3 cm³/mol. The van der Waals surface area contributed by atoms with Crippen molar-refractivity contribution in [1.82, 2.24) is 5.32 Å². The average molecular weight is 295 g/mol. The van der Waals surface area contributed by atoms with Crippen molar-refractivity contribution in [2.75, 3.05) is 12.3 Å². The van der Waals surface area contributed by atoms with Crippen LogP contribution in [-0.2, 0) is 12.1 Å². The van der Waals surface area contributed by atoms with Gasteiger partial charge in [0.15, 0.2) is 5.67 Å². The lowest BCUT2D eigenvalue weighted by Gasteiger charge is -2.33. The second-order valence-corrected chi connectivity index (χ2v) is 6.80. The van der Waals surface area contributed by atoms with Crippen LogP contribution in [0, 0.1) is 0 Å². The van der Waals surface area contributed by atoms with Crippen molar-refractivity contribution < 1.29 is 4.39 Å². The molecule has 0 radical (unpaired) electrons. The quantitative estimate of drug-likeness (QED) is 0.783. The molecule has 2 unspecified atom stereocenters. The van der Waals surface area contributed by atoms with E-state index in [1.54, 1.807) is 0 Å². The Balaban J connectivity index is 2.29. The molecule has 2 rings (SSSR count). The van der Waals surface area contributed by atoms with E-state index in [2.05, 4.69) is 24.4 Å². The molecular formula is C17H26FNS. The maximum absolute atomic E-state index is 15.7. The molecule has 3 heteroatoms. The minimum atomic E-state index is -1.26. The van der Waals surface area contributed by atoms with E-state index in [9.17, 15) is 0 Å². The summed E-state index contributed by atoms with van der Waals surface area (Å²) in [5, 5.41) is 3.28. The second-order valence-electron chi connectivity index (χ2n) is 5.67. The van der Waals surface area contributed by atoms with Crippen LogP contribution >= 0.6 is 11.8 Å². The summed E-state index contributed by atoms with van der Waals surface area (Å²) in [5.41, 5.74) is 0.935. The Bertz CT molecular complexity index is 449. The van der Waals surface area contributed by atoms with Gasteiger partial charge < -0.3 is 5.32 Å². The van der Waals surface area contributed by atoms with E-state index in [1.807, 2.05) is 31.7 Å². The molecule has 1 aromatic carbocycles. The number of unbranched alkanes of at least 4 members (excludes halogenated alkanes) is 1. The Labute approximate surface area is 126 Å². The summed E-state index contributed by atoms with van der Waals surface area (Å²) in [4.78, 5) is 1.34. The van der Waals surface area contributed by atoms with Gasteiger partial charge in [0.25, 0.3) is 0 Å². The van der Waals surface area contributed by atoms with Gasteiger partial charge in [-0.25, -0.2) is 4.39 Å². The Kier molecular flexibility index (Phi) is 5.50. The molecule has 0 spiro atoms. The van der Waals surface area contributed by atoms with Gasteiger partial charge in [0.1, 0.15) is 0 Å². The van der Waals surface area contributed by atoms with Crippen LogP contribution in [0.2, 0.25) is 0 Å². The highest BCUT2D eigenvalue weighted by molar-refractivity contribution is 7.99. The molecule has 1 heterocycles. The molecule has 1 aliphatic rings. The van der Waals surface area contributed by atoms with Crippen LogP contribution in [0.15, 0.2) is 23.1 Å². The molecule has 0 saturated carbocycles. The first kappa shape index (κ1) is 15.8. The van der Waals surface area contributed by atoms with E-state index in [1.165, 1.54) is 10.5 Å². The number of halogens is 1. The highest BCUT2D eigenvalue weighted by Crippen LogP contribution is 2.39. The largest absolute Gasteiger partial charge is 0.311 e. The third kappa shape index (κ3) is 3.20. The fourth-order valence-corrected chi connectivity index (χ4v) is 4.01. The second kappa shape index (κ2) is 6.95. The van der Waals surface area contributed by atoms with Crippen molar-refractivity contribution in [1.29, 1.82) is 0 Å². The molecule has 0 bridgehead atoms. The van der Waals surface area contributed by atoms with Crippen LogP contribution in [0.25, 0.3) is 0 Å². The smallest absolute Gasteiger partial charge is 0.150 e. The topological polar surface area (TPSA) is 12.0 Å². The summed E-state index contributed by atoms with van der Waals surface area (Å²) < 4.78 is 15.7. The number of hydrogen-bond acceptors (Lipinski definition) is 2. The van der Waals surface area contributed by atoms with Gasteiger partial charge in [0.2, 0.25) is 0 Å². The van der Waals surface area contributed by atoms with E-state index in [4.69, 9.17) is 0 Å².